The van der Waals surface area contributed by atoms with Crippen LogP contribution in [0.4, 0.5) is 6.01 Å². The number of methoxy groups -OCH3 is 1. The van der Waals surface area contributed by atoms with Gasteiger partial charge in [-0.15, -0.1) is 0 Å². The summed E-state index contributed by atoms with van der Waals surface area (Å²) in [6.45, 7) is 0.242. The zero-order chi connectivity index (χ0) is 16.2. The molecule has 0 fully saturated rings. The SMILES string of the molecule is COc1cccc(-c2noc(NCC(O)c3cnn(C)c3)n2)c1. The first-order valence-electron chi connectivity index (χ1n) is 7.04. The average Bonchev–Trinajstić information content (AvgIpc) is 3.22. The molecule has 0 radical (unpaired) electrons. The molecule has 2 heterocycles. The largest absolute Gasteiger partial charge is 0.497 e. The van der Waals surface area contributed by atoms with E-state index < -0.39 is 6.10 Å². The van der Waals surface area contributed by atoms with Crippen molar-refractivity contribution in [2.45, 2.75) is 6.10 Å². The summed E-state index contributed by atoms with van der Waals surface area (Å²) in [6.07, 6.45) is 2.65. The lowest BCUT2D eigenvalue weighted by molar-refractivity contribution is 0.190. The van der Waals surface area contributed by atoms with Crippen LogP contribution < -0.4 is 10.1 Å². The Balaban J connectivity index is 1.65. The van der Waals surface area contributed by atoms with Crippen molar-refractivity contribution in [3.8, 4) is 17.1 Å². The number of aliphatic hydroxyl groups excluding tert-OH is 1. The van der Waals surface area contributed by atoms with Gasteiger partial charge < -0.3 is 19.7 Å². The molecule has 0 aliphatic carbocycles. The number of aryl methyl sites for hydroxylation is 1. The first-order chi connectivity index (χ1) is 11.2. The number of hydrogen-bond acceptors (Lipinski definition) is 7. The van der Waals surface area contributed by atoms with Crippen molar-refractivity contribution in [1.29, 1.82) is 0 Å². The van der Waals surface area contributed by atoms with Crippen molar-refractivity contribution < 1.29 is 14.4 Å². The molecule has 0 amide bonds. The van der Waals surface area contributed by atoms with Crippen molar-refractivity contribution >= 4 is 6.01 Å². The number of nitrogens with one attached hydrogen (secondary N) is 1. The van der Waals surface area contributed by atoms with E-state index in [-0.39, 0.29) is 12.6 Å². The minimum absolute atomic E-state index is 0.241. The Labute approximate surface area is 132 Å². The number of rotatable bonds is 6. The summed E-state index contributed by atoms with van der Waals surface area (Å²) >= 11 is 0. The van der Waals surface area contributed by atoms with Gasteiger partial charge in [-0.2, -0.15) is 10.1 Å². The fourth-order valence-corrected chi connectivity index (χ4v) is 2.09. The molecule has 23 heavy (non-hydrogen) atoms. The van der Waals surface area contributed by atoms with Gasteiger partial charge in [0.1, 0.15) is 5.75 Å². The van der Waals surface area contributed by atoms with Crippen LogP contribution in [0.3, 0.4) is 0 Å². The first kappa shape index (κ1) is 15.0. The van der Waals surface area contributed by atoms with Crippen molar-refractivity contribution in [3.63, 3.8) is 0 Å². The van der Waals surface area contributed by atoms with Crippen LogP contribution >= 0.6 is 0 Å². The van der Waals surface area contributed by atoms with E-state index >= 15 is 0 Å². The molecule has 0 aliphatic rings. The third-order valence-electron chi connectivity index (χ3n) is 3.31. The fourth-order valence-electron chi connectivity index (χ4n) is 2.09. The Hall–Kier alpha value is -2.87. The molecule has 8 nitrogen and oxygen atoms in total. The van der Waals surface area contributed by atoms with Crippen molar-refractivity contribution in [2.24, 2.45) is 7.05 Å². The summed E-state index contributed by atoms with van der Waals surface area (Å²) in [7, 11) is 3.39. The van der Waals surface area contributed by atoms with Gasteiger partial charge in [-0.3, -0.25) is 4.68 Å². The molecule has 0 aliphatic heterocycles. The highest BCUT2D eigenvalue weighted by atomic mass is 16.5. The lowest BCUT2D eigenvalue weighted by Crippen LogP contribution is -2.11. The highest BCUT2D eigenvalue weighted by Gasteiger charge is 2.13. The molecule has 2 aromatic heterocycles. The molecule has 0 bridgehead atoms. The Bertz CT molecular complexity index is 783. The molecule has 0 spiro atoms. The van der Waals surface area contributed by atoms with Gasteiger partial charge in [0, 0.05) is 30.9 Å². The van der Waals surface area contributed by atoms with Gasteiger partial charge >= 0.3 is 6.01 Å². The third kappa shape index (κ3) is 3.49. The minimum Gasteiger partial charge on any atom is -0.497 e. The Kier molecular flexibility index (Phi) is 4.24. The second-order valence-electron chi connectivity index (χ2n) is 5.00. The van der Waals surface area contributed by atoms with Gasteiger partial charge in [0.2, 0.25) is 5.82 Å². The molecular formula is C15H17N5O3. The Morgan fingerprint density at radius 3 is 3.04 bits per heavy atom. The predicted molar refractivity (Wildman–Crippen MR) is 82.9 cm³/mol. The summed E-state index contributed by atoms with van der Waals surface area (Å²) in [5.41, 5.74) is 1.50. The summed E-state index contributed by atoms with van der Waals surface area (Å²) < 4.78 is 11.9. The number of hydrogen-bond donors (Lipinski definition) is 2. The molecule has 120 valence electrons. The van der Waals surface area contributed by atoms with Crippen LogP contribution in [-0.4, -0.2) is 38.7 Å². The molecule has 0 saturated heterocycles. The molecule has 0 saturated carbocycles. The second kappa shape index (κ2) is 6.49. The molecule has 2 N–H and O–H groups in total. The van der Waals surface area contributed by atoms with Crippen LogP contribution in [0.2, 0.25) is 0 Å². The Morgan fingerprint density at radius 1 is 1.43 bits per heavy atom. The molecule has 3 aromatic rings. The molecule has 1 aromatic carbocycles. The lowest BCUT2D eigenvalue weighted by Gasteiger charge is -2.07. The van der Waals surface area contributed by atoms with E-state index in [2.05, 4.69) is 20.6 Å². The van der Waals surface area contributed by atoms with Gasteiger partial charge in [-0.25, -0.2) is 0 Å². The maximum atomic E-state index is 10.1. The smallest absolute Gasteiger partial charge is 0.321 e. The highest BCUT2D eigenvalue weighted by Crippen LogP contribution is 2.22. The number of aliphatic hydroxyl groups is 1. The third-order valence-corrected chi connectivity index (χ3v) is 3.31. The van der Waals surface area contributed by atoms with Crippen molar-refractivity contribution in [2.75, 3.05) is 19.0 Å². The highest BCUT2D eigenvalue weighted by molar-refractivity contribution is 5.57. The topological polar surface area (TPSA) is 98.2 Å². The molecule has 1 atom stereocenters. The summed E-state index contributed by atoms with van der Waals surface area (Å²) in [5.74, 6) is 1.16. The molecule has 3 rings (SSSR count). The van der Waals surface area contributed by atoms with Crippen LogP contribution in [-0.2, 0) is 7.05 Å². The summed E-state index contributed by atoms with van der Waals surface area (Å²) in [5, 5.41) is 20.9. The van der Waals surface area contributed by atoms with Gasteiger partial charge in [0.15, 0.2) is 0 Å². The number of nitrogens with zero attached hydrogens (tertiary/aromatic N) is 4. The van der Waals surface area contributed by atoms with Crippen molar-refractivity contribution in [1.82, 2.24) is 19.9 Å². The number of benzene rings is 1. The van der Waals surface area contributed by atoms with E-state index in [1.54, 1.807) is 31.2 Å². The standard InChI is InChI=1S/C15H17N5O3/c1-20-9-11(7-17-20)13(21)8-16-15-18-14(19-23-15)10-4-3-5-12(6-10)22-2/h3-7,9,13,21H,8H2,1-2H3,(H,16,18,19). The van der Waals surface area contributed by atoms with E-state index in [0.29, 0.717) is 17.1 Å². The van der Waals surface area contributed by atoms with Crippen LogP contribution in [0.1, 0.15) is 11.7 Å². The normalized spacial score (nSPS) is 12.1. The van der Waals surface area contributed by atoms with Gasteiger partial charge in [-0.05, 0) is 12.1 Å². The van der Waals surface area contributed by atoms with E-state index in [1.165, 1.54) is 0 Å². The summed E-state index contributed by atoms with van der Waals surface area (Å²) in [4.78, 5) is 4.25. The van der Waals surface area contributed by atoms with Crippen LogP contribution in [0, 0.1) is 0 Å². The quantitative estimate of drug-likeness (QED) is 0.713. The van der Waals surface area contributed by atoms with Crippen LogP contribution in [0.25, 0.3) is 11.4 Å². The van der Waals surface area contributed by atoms with Gasteiger partial charge in [-0.1, -0.05) is 17.3 Å². The fraction of sp³-hybridized carbons (Fsp3) is 0.267. The maximum absolute atomic E-state index is 10.1. The molecule has 8 heteroatoms. The van der Waals surface area contributed by atoms with E-state index in [4.69, 9.17) is 9.26 Å². The van der Waals surface area contributed by atoms with E-state index in [9.17, 15) is 5.11 Å². The second-order valence-corrected chi connectivity index (χ2v) is 5.00. The predicted octanol–water partition coefficient (Wildman–Crippen LogP) is 1.62. The lowest BCUT2D eigenvalue weighted by atomic mass is 10.2. The monoisotopic (exact) mass is 315 g/mol. The minimum atomic E-state index is -0.712. The Morgan fingerprint density at radius 2 is 2.30 bits per heavy atom. The number of ether oxygens (including phenoxy) is 1. The first-order valence-corrected chi connectivity index (χ1v) is 7.04. The van der Waals surface area contributed by atoms with Gasteiger partial charge in [0.25, 0.3) is 0 Å². The maximum Gasteiger partial charge on any atom is 0.321 e. The van der Waals surface area contributed by atoms with Gasteiger partial charge in [0.05, 0.1) is 19.4 Å². The molecule has 1 unspecified atom stereocenters. The number of aromatic nitrogens is 4. The number of anilines is 1. The van der Waals surface area contributed by atoms with E-state index in [0.717, 1.165) is 5.56 Å². The van der Waals surface area contributed by atoms with Crippen LogP contribution in [0.15, 0.2) is 41.2 Å². The zero-order valence-corrected chi connectivity index (χ0v) is 12.8. The summed E-state index contributed by atoms with van der Waals surface area (Å²) in [6, 6.07) is 7.61. The zero-order valence-electron chi connectivity index (χ0n) is 12.8. The van der Waals surface area contributed by atoms with Crippen molar-refractivity contribution in [3.05, 3.63) is 42.2 Å². The molecular weight excluding hydrogens is 298 g/mol. The van der Waals surface area contributed by atoms with E-state index in [1.807, 2.05) is 24.3 Å². The van der Waals surface area contributed by atoms with Crippen LogP contribution in [0.5, 0.6) is 5.75 Å². The average molecular weight is 315 g/mol.